The second kappa shape index (κ2) is 9.47. The Bertz CT molecular complexity index is 1120. The Hall–Kier alpha value is -3.00. The number of aromatic nitrogens is 3. The summed E-state index contributed by atoms with van der Waals surface area (Å²) in [5.41, 5.74) is 6.41. The van der Waals surface area contributed by atoms with Crippen LogP contribution in [0.5, 0.6) is 0 Å². The van der Waals surface area contributed by atoms with Crippen molar-refractivity contribution in [2.75, 3.05) is 19.7 Å². The van der Waals surface area contributed by atoms with Crippen molar-refractivity contribution in [1.29, 1.82) is 0 Å². The summed E-state index contributed by atoms with van der Waals surface area (Å²) in [6.45, 7) is 11.8. The first-order valence-corrected chi connectivity index (χ1v) is 11.6. The Kier molecular flexibility index (Phi) is 6.65. The summed E-state index contributed by atoms with van der Waals surface area (Å²) < 4.78 is 16.1. The Balaban J connectivity index is 1.47. The highest BCUT2D eigenvalue weighted by molar-refractivity contribution is 5.71. The molecule has 0 fully saturated rings. The van der Waals surface area contributed by atoms with Gasteiger partial charge in [0.15, 0.2) is 5.69 Å². The van der Waals surface area contributed by atoms with Gasteiger partial charge in [0, 0.05) is 17.5 Å². The van der Waals surface area contributed by atoms with E-state index >= 15 is 0 Å². The molecule has 8 nitrogen and oxygen atoms in total. The van der Waals surface area contributed by atoms with Crippen LogP contribution in [0.1, 0.15) is 55.2 Å². The van der Waals surface area contributed by atoms with Crippen LogP contribution in [-0.2, 0) is 28.8 Å². The molecule has 0 saturated heterocycles. The summed E-state index contributed by atoms with van der Waals surface area (Å²) in [6.07, 6.45) is 3.65. The van der Waals surface area contributed by atoms with Crippen LogP contribution in [0.3, 0.4) is 0 Å². The van der Waals surface area contributed by atoms with Crippen LogP contribution in [0.25, 0.3) is 23.0 Å². The molecular formula is C25H32N4O4. The molecule has 33 heavy (non-hydrogen) atoms. The van der Waals surface area contributed by atoms with E-state index in [4.69, 9.17) is 13.8 Å². The van der Waals surface area contributed by atoms with Gasteiger partial charge in [0.05, 0.1) is 13.2 Å². The second-order valence-corrected chi connectivity index (χ2v) is 9.52. The fourth-order valence-corrected chi connectivity index (χ4v) is 4.46. The molecule has 4 rings (SSSR count). The first kappa shape index (κ1) is 23.2. The van der Waals surface area contributed by atoms with Gasteiger partial charge in [-0.25, -0.2) is 0 Å². The zero-order valence-corrected chi connectivity index (χ0v) is 20.1. The monoisotopic (exact) mass is 452 g/mol. The first-order valence-electron chi connectivity index (χ1n) is 11.6. The average Bonchev–Trinajstić information content (AvgIpc) is 3.38. The number of carbonyl (C=O) groups excluding carboxylic acids is 1. The molecule has 0 atom stereocenters. The molecule has 1 aromatic carbocycles. The van der Waals surface area contributed by atoms with Crippen molar-refractivity contribution in [3.63, 3.8) is 0 Å². The molecule has 0 bridgehead atoms. The van der Waals surface area contributed by atoms with Crippen LogP contribution in [0.2, 0.25) is 0 Å². The van der Waals surface area contributed by atoms with Gasteiger partial charge < -0.3 is 19.1 Å². The van der Waals surface area contributed by atoms with E-state index in [1.54, 1.807) is 6.92 Å². The van der Waals surface area contributed by atoms with E-state index in [0.717, 1.165) is 53.7 Å². The normalized spacial score (nSPS) is 14.8. The summed E-state index contributed by atoms with van der Waals surface area (Å²) in [4.78, 5) is 16.1. The molecule has 3 aromatic rings. The predicted octanol–water partition coefficient (Wildman–Crippen LogP) is 4.22. The summed E-state index contributed by atoms with van der Waals surface area (Å²) >= 11 is 0. The maximum Gasteiger partial charge on any atom is 0.319 e. The summed E-state index contributed by atoms with van der Waals surface area (Å²) in [6, 6.07) is 4.15. The van der Waals surface area contributed by atoms with Gasteiger partial charge in [-0.15, -0.1) is 0 Å². The van der Waals surface area contributed by atoms with Crippen LogP contribution in [0, 0.1) is 19.3 Å². The second-order valence-electron chi connectivity index (χ2n) is 9.52. The fraction of sp³-hybridized carbons (Fsp3) is 0.520. The molecule has 1 N–H and O–H groups in total. The number of nitrogens with one attached hydrogen (secondary N) is 1. The minimum atomic E-state index is -0.230. The molecule has 2 aromatic heterocycles. The minimum Gasteiger partial charge on any atom is -0.465 e. The van der Waals surface area contributed by atoms with Crippen LogP contribution < -0.4 is 5.32 Å². The zero-order valence-electron chi connectivity index (χ0n) is 20.1. The van der Waals surface area contributed by atoms with Crippen molar-refractivity contribution in [2.24, 2.45) is 5.41 Å². The lowest BCUT2D eigenvalue weighted by molar-refractivity contribution is -0.141. The molecule has 2 heterocycles. The van der Waals surface area contributed by atoms with Gasteiger partial charge in [-0.3, -0.25) is 4.79 Å². The Labute approximate surface area is 194 Å². The number of carbonyl (C=O) groups is 1. The molecule has 0 aliphatic heterocycles. The van der Waals surface area contributed by atoms with Crippen molar-refractivity contribution in [3.8, 4) is 23.0 Å². The van der Waals surface area contributed by atoms with Gasteiger partial charge in [-0.2, -0.15) is 4.98 Å². The number of hydrogen-bond donors (Lipinski definition) is 1. The largest absolute Gasteiger partial charge is 0.465 e. The predicted molar refractivity (Wildman–Crippen MR) is 124 cm³/mol. The molecule has 0 amide bonds. The van der Waals surface area contributed by atoms with Crippen LogP contribution >= 0.6 is 0 Å². The third kappa shape index (κ3) is 5.16. The molecule has 1 aliphatic rings. The number of rotatable bonds is 8. The van der Waals surface area contributed by atoms with E-state index in [1.165, 1.54) is 5.56 Å². The van der Waals surface area contributed by atoms with Gasteiger partial charge in [0.25, 0.3) is 5.89 Å². The smallest absolute Gasteiger partial charge is 0.319 e. The van der Waals surface area contributed by atoms with E-state index < -0.39 is 0 Å². The van der Waals surface area contributed by atoms with Crippen molar-refractivity contribution in [2.45, 2.75) is 60.3 Å². The standard InChI is InChI=1S/C25H32N4O4/c1-6-31-21(30)14-26-10-8-18-15(2)11-17(12-16(18)3)23-27-24(33-29-23)22-19-7-9-25(4,5)13-20(19)32-28-22/h11-12,26H,6-10,13-14H2,1-5H3. The summed E-state index contributed by atoms with van der Waals surface area (Å²) in [5.74, 6) is 1.63. The highest BCUT2D eigenvalue weighted by Crippen LogP contribution is 2.39. The van der Waals surface area contributed by atoms with Crippen LogP contribution in [0.4, 0.5) is 0 Å². The van der Waals surface area contributed by atoms with E-state index in [-0.39, 0.29) is 17.9 Å². The molecule has 0 spiro atoms. The Morgan fingerprint density at radius 3 is 2.67 bits per heavy atom. The number of aryl methyl sites for hydroxylation is 2. The number of hydrogen-bond acceptors (Lipinski definition) is 8. The number of ether oxygens (including phenoxy) is 1. The molecule has 0 radical (unpaired) electrons. The zero-order chi connectivity index (χ0) is 23.6. The van der Waals surface area contributed by atoms with E-state index in [9.17, 15) is 4.79 Å². The minimum absolute atomic E-state index is 0.217. The third-order valence-electron chi connectivity index (χ3n) is 6.27. The highest BCUT2D eigenvalue weighted by atomic mass is 16.5. The molecule has 0 unspecified atom stereocenters. The maximum atomic E-state index is 11.5. The Morgan fingerprint density at radius 1 is 1.18 bits per heavy atom. The van der Waals surface area contributed by atoms with Gasteiger partial charge >= 0.3 is 5.97 Å². The number of benzene rings is 1. The van der Waals surface area contributed by atoms with Crippen molar-refractivity contribution in [3.05, 3.63) is 40.1 Å². The summed E-state index contributed by atoms with van der Waals surface area (Å²) in [5, 5.41) is 11.6. The van der Waals surface area contributed by atoms with Gasteiger partial charge in [-0.1, -0.05) is 24.2 Å². The van der Waals surface area contributed by atoms with Gasteiger partial charge in [0.2, 0.25) is 5.82 Å². The molecule has 176 valence electrons. The maximum absolute atomic E-state index is 11.5. The van der Waals surface area contributed by atoms with E-state index in [2.05, 4.69) is 60.4 Å². The van der Waals surface area contributed by atoms with E-state index in [1.807, 2.05) is 0 Å². The lowest BCUT2D eigenvalue weighted by Gasteiger charge is -2.27. The number of fused-ring (bicyclic) bond motifs is 1. The SMILES string of the molecule is CCOC(=O)CNCCc1c(C)cc(-c2noc(-c3noc4c3CCC(C)(C)C4)n2)cc1C. The quantitative estimate of drug-likeness (QED) is 0.400. The van der Waals surface area contributed by atoms with Gasteiger partial charge in [0.1, 0.15) is 5.76 Å². The molecule has 1 aliphatic carbocycles. The summed E-state index contributed by atoms with van der Waals surface area (Å²) in [7, 11) is 0. The van der Waals surface area contributed by atoms with Crippen molar-refractivity contribution in [1.82, 2.24) is 20.6 Å². The van der Waals surface area contributed by atoms with E-state index in [0.29, 0.717) is 30.6 Å². The van der Waals surface area contributed by atoms with Crippen molar-refractivity contribution >= 4 is 5.97 Å². The lowest BCUT2D eigenvalue weighted by atomic mass is 9.77. The number of esters is 1. The lowest BCUT2D eigenvalue weighted by Crippen LogP contribution is -2.26. The average molecular weight is 453 g/mol. The van der Waals surface area contributed by atoms with Crippen molar-refractivity contribution < 1.29 is 18.6 Å². The van der Waals surface area contributed by atoms with Gasteiger partial charge in [-0.05, 0) is 80.8 Å². The third-order valence-corrected chi connectivity index (χ3v) is 6.27. The van der Waals surface area contributed by atoms with Crippen LogP contribution in [-0.4, -0.2) is 41.0 Å². The van der Waals surface area contributed by atoms with Crippen LogP contribution in [0.15, 0.2) is 21.2 Å². The Morgan fingerprint density at radius 2 is 1.94 bits per heavy atom. The first-order chi connectivity index (χ1) is 15.8. The number of nitrogens with zero attached hydrogens (tertiary/aromatic N) is 3. The molecule has 8 heteroatoms. The fourth-order valence-electron chi connectivity index (χ4n) is 4.46. The molecular weight excluding hydrogens is 420 g/mol. The molecule has 0 saturated carbocycles. The highest BCUT2D eigenvalue weighted by Gasteiger charge is 2.32. The topological polar surface area (TPSA) is 103 Å².